The van der Waals surface area contributed by atoms with Crippen molar-refractivity contribution in [2.24, 2.45) is 11.8 Å². The third kappa shape index (κ3) is 4.62. The van der Waals surface area contributed by atoms with Crippen molar-refractivity contribution in [2.75, 3.05) is 13.1 Å². The Bertz CT molecular complexity index is 653. The van der Waals surface area contributed by atoms with Gasteiger partial charge in [0.05, 0.1) is 11.8 Å². The minimum atomic E-state index is -0.745. The number of carboxylic acids is 1. The van der Waals surface area contributed by atoms with E-state index >= 15 is 0 Å². The predicted octanol–water partition coefficient (Wildman–Crippen LogP) is 1.84. The van der Waals surface area contributed by atoms with Crippen molar-refractivity contribution in [3.05, 3.63) is 35.9 Å². The van der Waals surface area contributed by atoms with Crippen molar-refractivity contribution < 1.29 is 19.5 Å². The Morgan fingerprint density at radius 1 is 1.08 bits per heavy atom. The maximum Gasteiger partial charge on any atom is 0.306 e. The first-order chi connectivity index (χ1) is 12.5. The van der Waals surface area contributed by atoms with Gasteiger partial charge in [-0.15, -0.1) is 0 Å². The van der Waals surface area contributed by atoms with Crippen LogP contribution in [-0.4, -0.2) is 46.9 Å². The highest BCUT2D eigenvalue weighted by molar-refractivity contribution is 5.89. The van der Waals surface area contributed by atoms with Crippen LogP contribution in [0.25, 0.3) is 0 Å². The molecule has 1 atom stereocenters. The number of nitrogens with one attached hydrogen (secondary N) is 1. The summed E-state index contributed by atoms with van der Waals surface area (Å²) < 4.78 is 0. The molecule has 1 saturated heterocycles. The van der Waals surface area contributed by atoms with Crippen molar-refractivity contribution in [1.29, 1.82) is 0 Å². The molecule has 26 heavy (non-hydrogen) atoms. The molecule has 1 aliphatic heterocycles. The summed E-state index contributed by atoms with van der Waals surface area (Å²) in [6.45, 7) is 1.11. The number of amides is 2. The van der Waals surface area contributed by atoms with Crippen LogP contribution in [0.2, 0.25) is 0 Å². The zero-order valence-electron chi connectivity index (χ0n) is 14.9. The highest BCUT2D eigenvalue weighted by Crippen LogP contribution is 2.25. The van der Waals surface area contributed by atoms with Gasteiger partial charge in [-0.1, -0.05) is 30.3 Å². The first kappa shape index (κ1) is 18.4. The van der Waals surface area contributed by atoms with E-state index in [4.69, 9.17) is 5.11 Å². The number of benzene rings is 1. The van der Waals surface area contributed by atoms with E-state index in [1.807, 2.05) is 30.3 Å². The topological polar surface area (TPSA) is 86.7 Å². The van der Waals surface area contributed by atoms with Crippen molar-refractivity contribution in [3.8, 4) is 0 Å². The zero-order valence-corrected chi connectivity index (χ0v) is 14.9. The highest BCUT2D eigenvalue weighted by atomic mass is 16.4. The van der Waals surface area contributed by atoms with Gasteiger partial charge in [-0.2, -0.15) is 0 Å². The van der Waals surface area contributed by atoms with Crippen LogP contribution in [0.5, 0.6) is 0 Å². The number of rotatable bonds is 6. The van der Waals surface area contributed by atoms with E-state index in [9.17, 15) is 14.4 Å². The smallest absolute Gasteiger partial charge is 0.306 e. The van der Waals surface area contributed by atoms with Gasteiger partial charge in [0.2, 0.25) is 11.8 Å². The van der Waals surface area contributed by atoms with E-state index in [0.29, 0.717) is 38.8 Å². The maximum absolute atomic E-state index is 12.5. The summed E-state index contributed by atoms with van der Waals surface area (Å²) in [5.41, 5.74) is 1.18. The molecule has 1 aromatic carbocycles. The minimum Gasteiger partial charge on any atom is -0.481 e. The Morgan fingerprint density at radius 2 is 1.77 bits per heavy atom. The van der Waals surface area contributed by atoms with E-state index < -0.39 is 5.97 Å². The molecule has 0 aromatic heterocycles. The fourth-order valence-corrected chi connectivity index (χ4v) is 3.88. The number of carboxylic acid groups (broad SMARTS) is 1. The second-order valence-electron chi connectivity index (χ2n) is 7.37. The quantitative estimate of drug-likeness (QED) is 0.812. The largest absolute Gasteiger partial charge is 0.481 e. The van der Waals surface area contributed by atoms with Gasteiger partial charge in [0.1, 0.15) is 0 Å². The van der Waals surface area contributed by atoms with Crippen LogP contribution in [0.1, 0.15) is 37.7 Å². The molecule has 0 bridgehead atoms. The van der Waals surface area contributed by atoms with Gasteiger partial charge < -0.3 is 15.3 Å². The summed E-state index contributed by atoms with van der Waals surface area (Å²) in [6, 6.07) is 10.0. The third-order valence-corrected chi connectivity index (χ3v) is 5.52. The second-order valence-corrected chi connectivity index (χ2v) is 7.37. The van der Waals surface area contributed by atoms with Gasteiger partial charge in [0.15, 0.2) is 0 Å². The van der Waals surface area contributed by atoms with Crippen LogP contribution >= 0.6 is 0 Å². The van der Waals surface area contributed by atoms with Gasteiger partial charge in [-0.25, -0.2) is 0 Å². The van der Waals surface area contributed by atoms with Crippen LogP contribution in [0, 0.1) is 11.8 Å². The fourth-order valence-electron chi connectivity index (χ4n) is 3.88. The van der Waals surface area contributed by atoms with Crippen molar-refractivity contribution >= 4 is 17.8 Å². The summed E-state index contributed by atoms with van der Waals surface area (Å²) in [5.74, 6) is -1.36. The molecule has 0 radical (unpaired) electrons. The van der Waals surface area contributed by atoms with Crippen molar-refractivity contribution in [1.82, 2.24) is 10.2 Å². The summed E-state index contributed by atoms with van der Waals surface area (Å²) in [4.78, 5) is 37.5. The monoisotopic (exact) mass is 358 g/mol. The Kier molecular flexibility index (Phi) is 5.91. The predicted molar refractivity (Wildman–Crippen MR) is 96.4 cm³/mol. The number of carbonyl (C=O) groups is 3. The van der Waals surface area contributed by atoms with Crippen molar-refractivity contribution in [2.45, 2.75) is 44.6 Å². The lowest BCUT2D eigenvalue weighted by atomic mass is 9.86. The lowest BCUT2D eigenvalue weighted by molar-refractivity contribution is -0.143. The van der Waals surface area contributed by atoms with Crippen LogP contribution in [0.3, 0.4) is 0 Å². The Morgan fingerprint density at radius 3 is 2.42 bits per heavy atom. The van der Waals surface area contributed by atoms with Crippen LogP contribution < -0.4 is 5.32 Å². The molecule has 2 N–H and O–H groups in total. The molecule has 0 unspecified atom stereocenters. The average Bonchev–Trinajstić information content (AvgIpc) is 3.02. The van der Waals surface area contributed by atoms with Crippen LogP contribution in [-0.2, 0) is 20.8 Å². The molecule has 2 aliphatic rings. The number of nitrogens with zero attached hydrogens (tertiary/aromatic N) is 1. The lowest BCUT2D eigenvalue weighted by Gasteiger charge is -2.27. The molecule has 1 saturated carbocycles. The Balaban J connectivity index is 1.44. The Hall–Kier alpha value is -2.37. The number of likely N-dealkylation sites (tertiary alicyclic amines) is 1. The van der Waals surface area contributed by atoms with E-state index in [1.54, 1.807) is 4.90 Å². The normalized spacial score (nSPS) is 25.9. The van der Waals surface area contributed by atoms with E-state index in [2.05, 4.69) is 5.32 Å². The number of hydrogen-bond donors (Lipinski definition) is 2. The van der Waals surface area contributed by atoms with Crippen LogP contribution in [0.15, 0.2) is 30.3 Å². The lowest BCUT2D eigenvalue weighted by Crippen LogP contribution is -2.42. The first-order valence-electron chi connectivity index (χ1n) is 9.38. The summed E-state index contributed by atoms with van der Waals surface area (Å²) in [5, 5.41) is 12.1. The van der Waals surface area contributed by atoms with Gasteiger partial charge in [-0.3, -0.25) is 14.4 Å². The summed E-state index contributed by atoms with van der Waals surface area (Å²) in [7, 11) is 0. The summed E-state index contributed by atoms with van der Waals surface area (Å²) in [6.07, 6.45) is 3.66. The zero-order chi connectivity index (χ0) is 18.5. The number of carbonyl (C=O) groups excluding carboxylic acids is 2. The molecule has 1 aromatic rings. The molecule has 140 valence electrons. The molecule has 3 rings (SSSR count). The first-order valence-corrected chi connectivity index (χ1v) is 9.38. The van der Waals surface area contributed by atoms with Gasteiger partial charge in [0.25, 0.3) is 0 Å². The molecule has 0 spiro atoms. The molecular formula is C20H26N2O4. The van der Waals surface area contributed by atoms with E-state index in [1.165, 1.54) is 5.56 Å². The van der Waals surface area contributed by atoms with Crippen LogP contribution in [0.4, 0.5) is 0 Å². The Labute approximate surface area is 153 Å². The third-order valence-electron chi connectivity index (χ3n) is 5.52. The molecular weight excluding hydrogens is 332 g/mol. The molecule has 6 heteroatoms. The number of hydrogen-bond acceptors (Lipinski definition) is 3. The van der Waals surface area contributed by atoms with Gasteiger partial charge >= 0.3 is 5.97 Å². The molecule has 2 fully saturated rings. The fraction of sp³-hybridized carbons (Fsp3) is 0.550. The van der Waals surface area contributed by atoms with E-state index in [0.717, 1.165) is 6.42 Å². The molecule has 2 amide bonds. The summed E-state index contributed by atoms with van der Waals surface area (Å²) >= 11 is 0. The SMILES string of the molecule is O=C(O)C1CCC(NC(=O)[C@@H]2CC(=O)N(CCc3ccccc3)C2)CC1. The van der Waals surface area contributed by atoms with Crippen molar-refractivity contribution in [3.63, 3.8) is 0 Å². The molecule has 6 nitrogen and oxygen atoms in total. The second kappa shape index (κ2) is 8.34. The van der Waals surface area contributed by atoms with E-state index in [-0.39, 0.29) is 36.1 Å². The minimum absolute atomic E-state index is 0.0339. The standard InChI is InChI=1S/C20H26N2O4/c23-18-12-16(13-22(18)11-10-14-4-2-1-3-5-14)19(24)21-17-8-6-15(7-9-17)20(25)26/h1-5,15-17H,6-13H2,(H,21,24)(H,25,26)/t15?,16-,17?/m1/s1. The number of aliphatic carboxylic acids is 1. The molecule has 1 aliphatic carbocycles. The molecule has 1 heterocycles. The average molecular weight is 358 g/mol. The maximum atomic E-state index is 12.5. The van der Waals surface area contributed by atoms with Gasteiger partial charge in [-0.05, 0) is 37.7 Å². The highest BCUT2D eigenvalue weighted by Gasteiger charge is 2.35. The van der Waals surface area contributed by atoms with Gasteiger partial charge in [0, 0.05) is 25.6 Å².